The zero-order valence-corrected chi connectivity index (χ0v) is 23.6. The van der Waals surface area contributed by atoms with Crippen LogP contribution in [0.15, 0.2) is 78.9 Å². The van der Waals surface area contributed by atoms with Gasteiger partial charge in [-0.3, -0.25) is 14.5 Å². The second kappa shape index (κ2) is 12.0. The number of amides is 2. The Labute approximate surface area is 246 Å². The molecule has 6 rings (SSSR count). The first-order valence-electron chi connectivity index (χ1n) is 14.8. The maximum Gasteiger partial charge on any atom is 0.408 e. The number of ether oxygens (including phenoxy) is 1. The number of hydrogen-bond acceptors (Lipinski definition) is 5. The molecular formula is C34H37N3O5. The number of carbonyl (C=O) groups is 3. The number of rotatable bonds is 9. The van der Waals surface area contributed by atoms with E-state index in [1.54, 1.807) is 0 Å². The summed E-state index contributed by atoms with van der Waals surface area (Å²) in [6.45, 7) is 1.80. The summed E-state index contributed by atoms with van der Waals surface area (Å²) in [7, 11) is 0. The number of fused-ring (bicyclic) bond motifs is 3. The SMILES string of the molecule is O=C(O)CC1CCCC1NC(=O)C1(NC(=O)OCC2c3ccccc3-c3ccccc32)CCN(Cc2ccccc2)C1. The Kier molecular flexibility index (Phi) is 7.98. The quantitative estimate of drug-likeness (QED) is 0.339. The van der Waals surface area contributed by atoms with Crippen LogP contribution in [0.1, 0.15) is 54.7 Å². The topological polar surface area (TPSA) is 108 Å². The number of alkyl carbamates (subject to hydrolysis) is 1. The van der Waals surface area contributed by atoms with Crippen molar-refractivity contribution in [3.05, 3.63) is 95.6 Å². The highest BCUT2D eigenvalue weighted by molar-refractivity contribution is 5.91. The van der Waals surface area contributed by atoms with E-state index in [2.05, 4.69) is 39.8 Å². The predicted octanol–water partition coefficient (Wildman–Crippen LogP) is 4.93. The van der Waals surface area contributed by atoms with E-state index in [4.69, 9.17) is 4.74 Å². The van der Waals surface area contributed by atoms with E-state index < -0.39 is 17.6 Å². The monoisotopic (exact) mass is 567 g/mol. The maximum absolute atomic E-state index is 13.9. The molecule has 218 valence electrons. The molecule has 3 aromatic carbocycles. The summed E-state index contributed by atoms with van der Waals surface area (Å²) in [5.41, 5.74) is 4.51. The highest BCUT2D eigenvalue weighted by Gasteiger charge is 2.48. The molecule has 8 heteroatoms. The van der Waals surface area contributed by atoms with Gasteiger partial charge < -0.3 is 20.5 Å². The Hall–Kier alpha value is -4.17. The summed E-state index contributed by atoms with van der Waals surface area (Å²) in [6.07, 6.45) is 2.21. The van der Waals surface area contributed by atoms with Gasteiger partial charge >= 0.3 is 12.1 Å². The maximum atomic E-state index is 13.9. The van der Waals surface area contributed by atoms with Gasteiger partial charge in [-0.1, -0.05) is 85.3 Å². The lowest BCUT2D eigenvalue weighted by Crippen LogP contribution is -2.62. The van der Waals surface area contributed by atoms with Crippen LogP contribution in [0.4, 0.5) is 4.79 Å². The van der Waals surface area contributed by atoms with Crippen LogP contribution in [0, 0.1) is 5.92 Å². The van der Waals surface area contributed by atoms with Crippen LogP contribution < -0.4 is 10.6 Å². The number of hydrogen-bond donors (Lipinski definition) is 3. The lowest BCUT2D eigenvalue weighted by Gasteiger charge is -2.32. The molecule has 0 aromatic heterocycles. The lowest BCUT2D eigenvalue weighted by atomic mass is 9.94. The van der Waals surface area contributed by atoms with Crippen LogP contribution in [0.5, 0.6) is 0 Å². The lowest BCUT2D eigenvalue weighted by molar-refractivity contribution is -0.138. The summed E-state index contributed by atoms with van der Waals surface area (Å²) in [5.74, 6) is -1.32. The summed E-state index contributed by atoms with van der Waals surface area (Å²) in [6, 6.07) is 26.2. The fourth-order valence-corrected chi connectivity index (χ4v) is 7.04. The van der Waals surface area contributed by atoms with Crippen molar-refractivity contribution in [2.24, 2.45) is 5.92 Å². The third-order valence-electron chi connectivity index (χ3n) is 9.13. The molecule has 1 heterocycles. The zero-order valence-electron chi connectivity index (χ0n) is 23.6. The second-order valence-electron chi connectivity index (χ2n) is 11.8. The largest absolute Gasteiger partial charge is 0.481 e. The zero-order chi connectivity index (χ0) is 29.1. The van der Waals surface area contributed by atoms with Crippen molar-refractivity contribution in [3.63, 3.8) is 0 Å². The second-order valence-corrected chi connectivity index (χ2v) is 11.8. The summed E-state index contributed by atoms with van der Waals surface area (Å²) in [4.78, 5) is 40.9. The van der Waals surface area contributed by atoms with Gasteiger partial charge in [0.25, 0.3) is 0 Å². The van der Waals surface area contributed by atoms with Gasteiger partial charge in [-0.15, -0.1) is 0 Å². The number of nitrogens with one attached hydrogen (secondary N) is 2. The fourth-order valence-electron chi connectivity index (χ4n) is 7.04. The van der Waals surface area contributed by atoms with Crippen molar-refractivity contribution in [1.29, 1.82) is 0 Å². The van der Waals surface area contributed by atoms with Crippen molar-refractivity contribution in [2.75, 3.05) is 19.7 Å². The van der Waals surface area contributed by atoms with Gasteiger partial charge in [-0.25, -0.2) is 4.79 Å². The number of nitrogens with zero attached hydrogens (tertiary/aromatic N) is 1. The fraction of sp³-hybridized carbons (Fsp3) is 0.382. The van der Waals surface area contributed by atoms with Crippen molar-refractivity contribution in [1.82, 2.24) is 15.5 Å². The van der Waals surface area contributed by atoms with Gasteiger partial charge in [0.1, 0.15) is 12.1 Å². The first-order chi connectivity index (χ1) is 20.4. The normalized spacial score (nSPS) is 23.2. The van der Waals surface area contributed by atoms with Crippen molar-refractivity contribution in [2.45, 2.75) is 56.1 Å². The number of carboxylic acid groups (broad SMARTS) is 1. The van der Waals surface area contributed by atoms with Crippen LogP contribution >= 0.6 is 0 Å². The van der Waals surface area contributed by atoms with E-state index in [0.29, 0.717) is 26.1 Å². The standard InChI is InChI=1S/C34H37N3O5/c38-31(39)19-24-11-8-16-30(24)35-32(40)34(17-18-37(22-34)20-23-9-2-1-3-10-23)36-33(41)42-21-29-27-14-6-4-12-25(27)26-13-5-7-15-28(26)29/h1-7,9-10,12-15,24,29-30H,8,11,16-22H2,(H,35,40)(H,36,41)(H,38,39). The van der Waals surface area contributed by atoms with Gasteiger partial charge in [0.15, 0.2) is 0 Å². The molecule has 3 unspecified atom stereocenters. The summed E-state index contributed by atoms with van der Waals surface area (Å²) in [5, 5.41) is 15.5. The molecule has 1 saturated carbocycles. The van der Waals surface area contributed by atoms with Crippen LogP contribution in [0.2, 0.25) is 0 Å². The van der Waals surface area contributed by atoms with Gasteiger partial charge in [-0.05, 0) is 53.0 Å². The molecule has 0 radical (unpaired) electrons. The predicted molar refractivity (Wildman–Crippen MR) is 159 cm³/mol. The molecule has 0 spiro atoms. The molecule has 3 N–H and O–H groups in total. The summed E-state index contributed by atoms with van der Waals surface area (Å²) >= 11 is 0. The molecule has 3 atom stereocenters. The van der Waals surface area contributed by atoms with Crippen molar-refractivity contribution >= 4 is 18.0 Å². The molecular weight excluding hydrogens is 530 g/mol. The first-order valence-corrected chi connectivity index (χ1v) is 14.8. The van der Waals surface area contributed by atoms with E-state index in [9.17, 15) is 19.5 Å². The third kappa shape index (κ3) is 5.77. The average molecular weight is 568 g/mol. The number of likely N-dealkylation sites (tertiary alicyclic amines) is 1. The summed E-state index contributed by atoms with van der Waals surface area (Å²) < 4.78 is 5.85. The Morgan fingerprint density at radius 2 is 1.57 bits per heavy atom. The van der Waals surface area contributed by atoms with E-state index in [1.807, 2.05) is 54.6 Å². The Morgan fingerprint density at radius 1 is 0.905 bits per heavy atom. The van der Waals surface area contributed by atoms with Crippen LogP contribution in [-0.4, -0.2) is 59.3 Å². The molecule has 3 aromatic rings. The molecule has 8 nitrogen and oxygen atoms in total. The minimum absolute atomic E-state index is 0.0257. The first kappa shape index (κ1) is 28.0. The minimum Gasteiger partial charge on any atom is -0.481 e. The molecule has 0 bridgehead atoms. The van der Waals surface area contributed by atoms with Gasteiger partial charge in [0.05, 0.1) is 6.42 Å². The minimum atomic E-state index is -1.17. The molecule has 2 fully saturated rings. The van der Waals surface area contributed by atoms with E-state index in [0.717, 1.165) is 47.1 Å². The van der Waals surface area contributed by atoms with Gasteiger partial charge in [-0.2, -0.15) is 0 Å². The van der Waals surface area contributed by atoms with Crippen LogP contribution in [-0.2, 0) is 20.9 Å². The van der Waals surface area contributed by atoms with E-state index >= 15 is 0 Å². The van der Waals surface area contributed by atoms with Crippen LogP contribution in [0.25, 0.3) is 11.1 Å². The van der Waals surface area contributed by atoms with Gasteiger partial charge in [0.2, 0.25) is 5.91 Å². The van der Waals surface area contributed by atoms with E-state index in [1.165, 1.54) is 0 Å². The van der Waals surface area contributed by atoms with Crippen molar-refractivity contribution in [3.8, 4) is 11.1 Å². The Bertz CT molecular complexity index is 1410. The molecule has 3 aliphatic rings. The van der Waals surface area contributed by atoms with E-state index in [-0.39, 0.29) is 36.8 Å². The molecule has 2 aliphatic carbocycles. The molecule has 2 amide bonds. The Balaban J connectivity index is 1.17. The Morgan fingerprint density at radius 3 is 2.26 bits per heavy atom. The number of carboxylic acids is 1. The average Bonchev–Trinajstić information content (AvgIpc) is 3.69. The highest BCUT2D eigenvalue weighted by atomic mass is 16.5. The molecule has 42 heavy (non-hydrogen) atoms. The third-order valence-corrected chi connectivity index (χ3v) is 9.13. The number of aliphatic carboxylic acids is 1. The molecule has 1 saturated heterocycles. The van der Waals surface area contributed by atoms with Crippen LogP contribution in [0.3, 0.4) is 0 Å². The highest BCUT2D eigenvalue weighted by Crippen LogP contribution is 2.44. The molecule has 1 aliphatic heterocycles. The number of benzene rings is 3. The van der Waals surface area contributed by atoms with Crippen molar-refractivity contribution < 1.29 is 24.2 Å². The smallest absolute Gasteiger partial charge is 0.408 e. The van der Waals surface area contributed by atoms with Gasteiger partial charge in [0, 0.05) is 31.6 Å². The number of carbonyl (C=O) groups excluding carboxylic acids is 2.